The van der Waals surface area contributed by atoms with Gasteiger partial charge in [0.15, 0.2) is 0 Å². The van der Waals surface area contributed by atoms with Crippen LogP contribution in [0.2, 0.25) is 0 Å². The van der Waals surface area contributed by atoms with Crippen molar-refractivity contribution in [3.63, 3.8) is 0 Å². The summed E-state index contributed by atoms with van der Waals surface area (Å²) in [6.45, 7) is 0. The van der Waals surface area contributed by atoms with Gasteiger partial charge in [-0.3, -0.25) is 0 Å². The van der Waals surface area contributed by atoms with Crippen LogP contribution in [0, 0.1) is 0 Å². The Morgan fingerprint density at radius 1 is 0.810 bits per heavy atom. The molecule has 1 heterocycles. The van der Waals surface area contributed by atoms with Crippen LogP contribution in [0.15, 0.2) is 77.1 Å². The number of allylic oxidation sites excluding steroid dienone is 3. The highest BCUT2D eigenvalue weighted by molar-refractivity contribution is 14.2. The summed E-state index contributed by atoms with van der Waals surface area (Å²) in [7, 11) is 0.123. The average molecular weight is 422 g/mol. The minimum absolute atomic E-state index is 0.123. The predicted octanol–water partition coefficient (Wildman–Crippen LogP) is 6.13. The van der Waals surface area contributed by atoms with Crippen molar-refractivity contribution in [2.45, 2.75) is 0 Å². The number of thioether (sulfide) groups is 1. The molecule has 0 saturated carbocycles. The Kier molecular flexibility index (Phi) is 5.03. The third-order valence-corrected chi connectivity index (χ3v) is 9.77. The van der Waals surface area contributed by atoms with Gasteiger partial charge in [0, 0.05) is 9.10 Å². The fraction of sp³-hybridized carbons (Fsp3) is 0.0556. The molecule has 0 nitrogen and oxygen atoms in total. The number of hydrogen-bond donors (Lipinski definition) is 0. The molecular formula is C18H15IS2. The second-order valence-electron chi connectivity index (χ2n) is 4.62. The monoisotopic (exact) mass is 422 g/mol. The molecular weight excluding hydrogens is 407 g/mol. The maximum absolute atomic E-state index is 2.57. The van der Waals surface area contributed by atoms with Crippen LogP contribution in [-0.2, 0) is 0 Å². The molecule has 2 aromatic carbocycles. The molecule has 0 saturated heterocycles. The molecule has 1 atom stereocenters. The fourth-order valence-corrected chi connectivity index (χ4v) is 7.50. The zero-order valence-corrected chi connectivity index (χ0v) is 15.4. The Balaban J connectivity index is 2.14. The molecule has 0 bridgehead atoms. The Labute approximate surface area is 144 Å². The van der Waals surface area contributed by atoms with Crippen LogP contribution >= 0.6 is 40.6 Å². The molecule has 0 amide bonds. The predicted molar refractivity (Wildman–Crippen MR) is 108 cm³/mol. The summed E-state index contributed by atoms with van der Waals surface area (Å²) in [6.07, 6.45) is 6.85. The second kappa shape index (κ2) is 6.99. The Hall–Kier alpha value is -0.780. The van der Waals surface area contributed by atoms with Crippen LogP contribution in [0.3, 0.4) is 0 Å². The molecule has 0 N–H and O–H groups in total. The molecule has 3 heteroatoms. The Morgan fingerprint density at radius 2 is 1.38 bits per heavy atom. The lowest BCUT2D eigenvalue weighted by Crippen LogP contribution is -2.01. The lowest BCUT2D eigenvalue weighted by Gasteiger charge is -2.18. The van der Waals surface area contributed by atoms with E-state index >= 15 is 0 Å². The van der Waals surface area contributed by atoms with Crippen LogP contribution in [0.25, 0.3) is 5.57 Å². The molecule has 0 radical (unpaired) electrons. The minimum Gasteiger partial charge on any atom is -0.122 e. The van der Waals surface area contributed by atoms with Gasteiger partial charge in [-0.1, -0.05) is 68.3 Å². The lowest BCUT2D eigenvalue weighted by molar-refractivity contribution is 1.62. The van der Waals surface area contributed by atoms with Crippen LogP contribution < -0.4 is 0 Å². The van der Waals surface area contributed by atoms with Crippen molar-refractivity contribution in [3.8, 4) is 0 Å². The van der Waals surface area contributed by atoms with Gasteiger partial charge >= 0.3 is 0 Å². The van der Waals surface area contributed by atoms with Gasteiger partial charge in [-0.15, -0.1) is 11.8 Å². The van der Waals surface area contributed by atoms with E-state index in [0.29, 0.717) is 0 Å². The van der Waals surface area contributed by atoms with Crippen molar-refractivity contribution in [3.05, 3.63) is 88.2 Å². The van der Waals surface area contributed by atoms with Gasteiger partial charge in [0.2, 0.25) is 0 Å². The first kappa shape index (κ1) is 15.1. The maximum atomic E-state index is 2.57. The normalized spacial score (nSPS) is 18.2. The molecule has 0 aromatic heterocycles. The van der Waals surface area contributed by atoms with E-state index in [1.165, 1.54) is 25.8 Å². The summed E-state index contributed by atoms with van der Waals surface area (Å²) in [4.78, 5) is 1.42. The summed E-state index contributed by atoms with van der Waals surface area (Å²) in [5.41, 5.74) is 3.91. The van der Waals surface area contributed by atoms with E-state index in [1.54, 1.807) is 0 Å². The lowest BCUT2D eigenvalue weighted by atomic mass is 10.0. The topological polar surface area (TPSA) is 0 Å². The maximum Gasteiger partial charge on any atom is 0.0451 e. The highest BCUT2D eigenvalue weighted by atomic mass is 127. The average Bonchev–Trinajstić information content (AvgIpc) is 2.56. The number of benzene rings is 2. The molecule has 1 aliphatic rings. The SMILES string of the molecule is CSC1=CC(c2ccccc2)=CC(c2ccccc2)=S1I. The van der Waals surface area contributed by atoms with Crippen molar-refractivity contribution in [2.75, 3.05) is 6.26 Å². The summed E-state index contributed by atoms with van der Waals surface area (Å²) >= 11 is 4.43. The number of halogens is 1. The molecule has 21 heavy (non-hydrogen) atoms. The van der Waals surface area contributed by atoms with Gasteiger partial charge in [-0.05, 0) is 56.3 Å². The van der Waals surface area contributed by atoms with E-state index in [1.807, 2.05) is 11.8 Å². The Morgan fingerprint density at radius 3 is 1.95 bits per heavy atom. The minimum atomic E-state index is 0.123. The molecule has 0 spiro atoms. The van der Waals surface area contributed by atoms with E-state index in [-0.39, 0.29) is 7.66 Å². The molecule has 1 unspecified atom stereocenters. The number of hydrogen-bond acceptors (Lipinski definition) is 1. The van der Waals surface area contributed by atoms with Crippen LogP contribution in [0.4, 0.5) is 0 Å². The van der Waals surface area contributed by atoms with Gasteiger partial charge < -0.3 is 0 Å². The van der Waals surface area contributed by atoms with Crippen molar-refractivity contribution < 1.29 is 0 Å². The van der Waals surface area contributed by atoms with Crippen LogP contribution in [0.1, 0.15) is 11.1 Å². The first-order valence-corrected chi connectivity index (χ1v) is 11.6. The van der Waals surface area contributed by atoms with Gasteiger partial charge in [0.05, 0.1) is 0 Å². The molecule has 2 aromatic rings. The van der Waals surface area contributed by atoms with Gasteiger partial charge in [0.1, 0.15) is 0 Å². The fourth-order valence-electron chi connectivity index (χ4n) is 2.24. The van der Waals surface area contributed by atoms with E-state index in [0.717, 1.165) is 0 Å². The summed E-state index contributed by atoms with van der Waals surface area (Å²) in [5.74, 6) is 0. The highest BCUT2D eigenvalue weighted by Crippen LogP contribution is 2.47. The largest absolute Gasteiger partial charge is 0.122 e. The third kappa shape index (κ3) is 3.35. The van der Waals surface area contributed by atoms with E-state index in [2.05, 4.69) is 100 Å². The van der Waals surface area contributed by atoms with E-state index in [4.69, 9.17) is 0 Å². The molecule has 0 aliphatic carbocycles. The summed E-state index contributed by atoms with van der Waals surface area (Å²) < 4.78 is 1.44. The van der Waals surface area contributed by atoms with E-state index in [9.17, 15) is 0 Å². The highest BCUT2D eigenvalue weighted by Gasteiger charge is 2.15. The van der Waals surface area contributed by atoms with Gasteiger partial charge in [-0.25, -0.2) is 0 Å². The molecule has 3 rings (SSSR count). The van der Waals surface area contributed by atoms with Crippen molar-refractivity contribution >= 4 is 51.1 Å². The molecule has 0 fully saturated rings. The number of rotatable bonds is 3. The van der Waals surface area contributed by atoms with Crippen LogP contribution in [-0.4, -0.2) is 11.1 Å². The van der Waals surface area contributed by atoms with Gasteiger partial charge in [-0.2, -0.15) is 0 Å². The zero-order valence-electron chi connectivity index (χ0n) is 11.6. The van der Waals surface area contributed by atoms with Crippen molar-refractivity contribution in [1.82, 2.24) is 0 Å². The summed E-state index contributed by atoms with van der Waals surface area (Å²) in [6, 6.07) is 21.3. The van der Waals surface area contributed by atoms with Crippen molar-refractivity contribution in [1.29, 1.82) is 0 Å². The van der Waals surface area contributed by atoms with E-state index < -0.39 is 0 Å². The zero-order chi connectivity index (χ0) is 14.7. The Bertz CT molecular complexity index is 728. The molecule has 1 aliphatic heterocycles. The standard InChI is InChI=1S/C18H15IS2/c1-20-18-13-16(14-8-4-2-5-9-14)12-17(21(18)19)15-10-6-3-7-11-15/h2-13H,1H3. The summed E-state index contributed by atoms with van der Waals surface area (Å²) in [5, 5.41) is 0. The third-order valence-electron chi connectivity index (χ3n) is 3.30. The first-order valence-electron chi connectivity index (χ1n) is 6.65. The van der Waals surface area contributed by atoms with Crippen molar-refractivity contribution in [2.24, 2.45) is 0 Å². The quantitative estimate of drug-likeness (QED) is 0.424. The van der Waals surface area contributed by atoms with Gasteiger partial charge in [0.25, 0.3) is 0 Å². The second-order valence-corrected chi connectivity index (χ2v) is 9.76. The smallest absolute Gasteiger partial charge is 0.0451 e. The van der Waals surface area contributed by atoms with Crippen LogP contribution in [0.5, 0.6) is 0 Å². The molecule has 106 valence electrons. The first-order chi connectivity index (χ1) is 10.3.